The predicted octanol–water partition coefficient (Wildman–Crippen LogP) is 1.36. The summed E-state index contributed by atoms with van der Waals surface area (Å²) in [4.78, 5) is 4.02. The zero-order valence-corrected chi connectivity index (χ0v) is 18.4. The first kappa shape index (κ1) is 22.7. The van der Waals surface area contributed by atoms with Crippen molar-refractivity contribution in [2.24, 2.45) is 0 Å². The molecule has 0 spiro atoms. The van der Waals surface area contributed by atoms with Crippen molar-refractivity contribution in [3.63, 3.8) is 0 Å². The van der Waals surface area contributed by atoms with E-state index in [1.807, 2.05) is 17.0 Å². The minimum absolute atomic E-state index is 0.0289. The van der Waals surface area contributed by atoms with E-state index < -0.39 is 27.5 Å². The van der Waals surface area contributed by atoms with Crippen LogP contribution in [0.2, 0.25) is 5.02 Å². The smallest absolute Gasteiger partial charge is 0.253 e. The third-order valence-electron chi connectivity index (χ3n) is 4.40. The molecule has 3 rings (SSSR count). The largest absolute Gasteiger partial charge is 0.755 e. The third-order valence-corrected chi connectivity index (χ3v) is 6.42. The molecule has 2 atom stereocenters. The lowest BCUT2D eigenvalue weighted by atomic mass is 10.1. The Morgan fingerprint density at radius 3 is 2.73 bits per heavy atom. The molecule has 0 fully saturated rings. The molecule has 0 aromatic heterocycles. The number of benzene rings is 2. The molecule has 1 aliphatic rings. The zero-order chi connectivity index (χ0) is 21.9. The maximum Gasteiger partial charge on any atom is 0.253 e. The van der Waals surface area contributed by atoms with Crippen LogP contribution < -0.4 is 24.5 Å². The van der Waals surface area contributed by atoms with Gasteiger partial charge in [0.25, 0.3) is 10.0 Å². The normalized spacial score (nSPS) is 18.5. The van der Waals surface area contributed by atoms with Gasteiger partial charge in [-0.2, -0.15) is 0 Å². The summed E-state index contributed by atoms with van der Waals surface area (Å²) in [5.41, 5.74) is 3.08. The summed E-state index contributed by atoms with van der Waals surface area (Å²) < 4.78 is 59.6. The molecule has 0 radical (unpaired) electrons. The molecule has 164 valence electrons. The molecule has 2 aromatic carbocycles. The van der Waals surface area contributed by atoms with Crippen molar-refractivity contribution in [3.05, 3.63) is 47.0 Å². The van der Waals surface area contributed by atoms with Crippen LogP contribution in [-0.2, 0) is 21.3 Å². The Morgan fingerprint density at radius 1 is 1.30 bits per heavy atom. The second-order valence-electron chi connectivity index (χ2n) is 6.37. The first-order chi connectivity index (χ1) is 14.2. The molecule has 3 N–H and O–H groups in total. The Balaban J connectivity index is 1.76. The number of hydrogen-bond acceptors (Lipinski definition) is 8. The van der Waals surface area contributed by atoms with E-state index >= 15 is 0 Å². The van der Waals surface area contributed by atoms with Gasteiger partial charge in [-0.15, -0.1) is 4.83 Å². The van der Waals surface area contributed by atoms with E-state index in [1.165, 1.54) is 12.1 Å². The summed E-state index contributed by atoms with van der Waals surface area (Å²) >= 11 is 3.50. The lowest BCUT2D eigenvalue weighted by Crippen LogP contribution is -2.51. The van der Waals surface area contributed by atoms with Crippen LogP contribution in [0.4, 0.5) is 5.69 Å². The van der Waals surface area contributed by atoms with Gasteiger partial charge in [-0.25, -0.2) is 13.8 Å². The average molecular weight is 476 g/mol. The lowest BCUT2D eigenvalue weighted by molar-refractivity contribution is 0.158. The van der Waals surface area contributed by atoms with Gasteiger partial charge in [0.2, 0.25) is 0 Å². The van der Waals surface area contributed by atoms with Crippen LogP contribution >= 0.6 is 11.6 Å². The first-order valence-electron chi connectivity index (χ1n) is 8.65. The van der Waals surface area contributed by atoms with Gasteiger partial charge in [0.15, 0.2) is 0 Å². The second-order valence-corrected chi connectivity index (χ2v) is 9.10. The van der Waals surface area contributed by atoms with Crippen LogP contribution in [0.5, 0.6) is 11.5 Å². The molecule has 1 heterocycles. The number of likely N-dealkylation sites (N-methyl/N-ethyl adjacent to an activating group) is 1. The molecule has 13 heteroatoms. The van der Waals surface area contributed by atoms with Gasteiger partial charge in [0.1, 0.15) is 24.3 Å². The summed E-state index contributed by atoms with van der Waals surface area (Å²) in [5, 5.41) is 0.0721. The highest BCUT2D eigenvalue weighted by atomic mass is 35.5. The van der Waals surface area contributed by atoms with Crippen molar-refractivity contribution in [1.29, 1.82) is 0 Å². The number of rotatable bonds is 8. The van der Waals surface area contributed by atoms with Crippen LogP contribution in [0, 0.1) is 0 Å². The van der Waals surface area contributed by atoms with Crippen molar-refractivity contribution in [3.8, 4) is 11.5 Å². The summed E-state index contributed by atoms with van der Waals surface area (Å²) in [6.07, 6.45) is -0.554. The number of hydrogen-bond donors (Lipinski definition) is 3. The molecule has 10 nitrogen and oxygen atoms in total. The number of anilines is 1. The van der Waals surface area contributed by atoms with Crippen molar-refractivity contribution >= 4 is 38.6 Å². The minimum atomic E-state index is -3.89. The van der Waals surface area contributed by atoms with E-state index in [1.54, 1.807) is 26.3 Å². The van der Waals surface area contributed by atoms with Crippen molar-refractivity contribution < 1.29 is 26.7 Å². The average Bonchev–Trinajstić information content (AvgIpc) is 2.69. The summed E-state index contributed by atoms with van der Waals surface area (Å²) in [5.74, 6) is 1.32. The quantitative estimate of drug-likeness (QED) is 0.487. The molecule has 0 bridgehead atoms. The van der Waals surface area contributed by atoms with Crippen molar-refractivity contribution in [1.82, 2.24) is 15.2 Å². The van der Waals surface area contributed by atoms with Gasteiger partial charge in [0.05, 0.1) is 22.7 Å². The molecule has 1 aliphatic heterocycles. The molecular formula is C17H20ClN4O6S2-. The summed E-state index contributed by atoms with van der Waals surface area (Å²) in [6.45, 7) is 0.769. The topological polar surface area (TPSA) is 132 Å². The van der Waals surface area contributed by atoms with Crippen LogP contribution in [-0.4, -0.2) is 49.4 Å². The minimum Gasteiger partial charge on any atom is -0.755 e. The van der Waals surface area contributed by atoms with E-state index in [2.05, 4.69) is 15.0 Å². The number of fused-ring (bicyclic) bond motifs is 1. The highest BCUT2D eigenvalue weighted by Gasteiger charge is 2.33. The number of nitrogens with zero attached hydrogens (tertiary/aromatic N) is 1. The fraction of sp³-hybridized carbons (Fsp3) is 0.294. The van der Waals surface area contributed by atoms with E-state index in [-0.39, 0.29) is 15.6 Å². The number of methoxy groups -OCH3 is 1. The predicted molar refractivity (Wildman–Crippen MR) is 111 cm³/mol. The van der Waals surface area contributed by atoms with Crippen molar-refractivity contribution in [2.75, 3.05) is 32.0 Å². The Hall–Kier alpha value is -1.93. The zero-order valence-electron chi connectivity index (χ0n) is 16.0. The van der Waals surface area contributed by atoms with Gasteiger partial charge in [0, 0.05) is 29.4 Å². The summed E-state index contributed by atoms with van der Waals surface area (Å²) in [7, 11) is -0.536. The Bertz CT molecular complexity index is 1050. The van der Waals surface area contributed by atoms with Gasteiger partial charge in [-0.1, -0.05) is 17.7 Å². The molecule has 0 amide bonds. The molecule has 0 saturated heterocycles. The monoisotopic (exact) mass is 475 g/mol. The Morgan fingerprint density at radius 2 is 2.03 bits per heavy atom. The highest BCUT2D eigenvalue weighted by Crippen LogP contribution is 2.35. The number of hydrazine groups is 1. The Kier molecular flexibility index (Phi) is 7.18. The van der Waals surface area contributed by atoms with Gasteiger partial charge in [-0.05, 0) is 31.3 Å². The van der Waals surface area contributed by atoms with Crippen LogP contribution in [0.15, 0.2) is 41.3 Å². The fourth-order valence-electron chi connectivity index (χ4n) is 2.92. The van der Waals surface area contributed by atoms with E-state index in [4.69, 9.17) is 21.1 Å². The molecular weight excluding hydrogens is 456 g/mol. The number of halogens is 1. The van der Waals surface area contributed by atoms with Gasteiger partial charge >= 0.3 is 0 Å². The first-order valence-corrected chi connectivity index (χ1v) is 11.6. The van der Waals surface area contributed by atoms with Crippen LogP contribution in [0.3, 0.4) is 0 Å². The molecule has 2 aromatic rings. The van der Waals surface area contributed by atoms with E-state index in [0.29, 0.717) is 30.2 Å². The summed E-state index contributed by atoms with van der Waals surface area (Å²) in [6, 6.07) is 9.79. The Labute approximate surface area is 181 Å². The van der Waals surface area contributed by atoms with Crippen LogP contribution in [0.1, 0.15) is 11.7 Å². The van der Waals surface area contributed by atoms with Gasteiger partial charge < -0.3 is 18.7 Å². The van der Waals surface area contributed by atoms with E-state index in [9.17, 15) is 17.2 Å². The maximum atomic E-state index is 12.4. The van der Waals surface area contributed by atoms with Crippen LogP contribution in [0.25, 0.3) is 0 Å². The molecule has 2 unspecified atom stereocenters. The van der Waals surface area contributed by atoms with Crippen molar-refractivity contribution in [2.45, 2.75) is 11.1 Å². The molecule has 0 saturated carbocycles. The lowest BCUT2D eigenvalue weighted by Gasteiger charge is -2.34. The SMILES string of the molecule is COc1cccc(OCCN(C)C2NNS(=O)(=O)c3cc(NS(=O)[O-])c(Cl)cc32)c1. The van der Waals surface area contributed by atoms with E-state index in [0.717, 1.165) is 0 Å². The highest BCUT2D eigenvalue weighted by molar-refractivity contribution is 7.89. The molecule has 0 aliphatic carbocycles. The number of nitrogens with one attached hydrogen (secondary N) is 3. The number of ether oxygens (including phenoxy) is 2. The third kappa shape index (κ3) is 5.21. The fourth-order valence-corrected chi connectivity index (χ4v) is 4.68. The second kappa shape index (κ2) is 9.47. The molecule has 30 heavy (non-hydrogen) atoms. The van der Waals surface area contributed by atoms with Gasteiger partial charge in [-0.3, -0.25) is 9.11 Å². The maximum absolute atomic E-state index is 12.4. The standard InChI is InChI=1S/C17H21ClN4O6S2/c1-22(6-7-28-12-5-3-4-11(8-12)27-2)17-13-9-14(18)15(20-29(23)24)10-16(13)30(25,26)21-19-17/h3-5,8-10,17,19-21H,6-7H2,1-2H3,(H,23,24)/p-1. The number of sulfonamides is 1.